The lowest BCUT2D eigenvalue weighted by molar-refractivity contribution is 0.670. The van der Waals surface area contributed by atoms with Crippen molar-refractivity contribution in [3.63, 3.8) is 0 Å². The van der Waals surface area contributed by atoms with Crippen LogP contribution in [0.4, 0.5) is 5.69 Å². The van der Waals surface area contributed by atoms with Gasteiger partial charge in [0.15, 0.2) is 0 Å². The van der Waals surface area contributed by atoms with Crippen LogP contribution in [0.15, 0.2) is 59.5 Å². The van der Waals surface area contributed by atoms with Crippen LogP contribution in [-0.2, 0) is 0 Å². The summed E-state index contributed by atoms with van der Waals surface area (Å²) >= 11 is 1.97. The number of para-hydroxylation sites is 1. The van der Waals surface area contributed by atoms with Crippen LogP contribution >= 0.6 is 24.2 Å². The van der Waals surface area contributed by atoms with Crippen LogP contribution in [0.5, 0.6) is 0 Å². The minimum Gasteiger partial charge on any atom is -0.382 e. The summed E-state index contributed by atoms with van der Waals surface area (Å²) in [6, 6.07) is 19.9. The largest absolute Gasteiger partial charge is 0.382 e. The molecular weight excluding hydrogens is 274 g/mol. The van der Waals surface area contributed by atoms with Gasteiger partial charge >= 0.3 is 0 Å². The fourth-order valence-electron chi connectivity index (χ4n) is 2.46. The van der Waals surface area contributed by atoms with Crippen molar-refractivity contribution in [3.05, 3.63) is 60.2 Å². The Kier molecular flexibility index (Phi) is 4.78. The van der Waals surface area contributed by atoms with E-state index in [1.54, 1.807) is 0 Å². The maximum atomic E-state index is 3.56. The van der Waals surface area contributed by atoms with E-state index < -0.39 is 0 Å². The fourth-order valence-corrected chi connectivity index (χ4v) is 3.82. The molecule has 0 aromatic heterocycles. The smallest absolute Gasteiger partial charge is 0.0386 e. The van der Waals surface area contributed by atoms with Gasteiger partial charge < -0.3 is 5.32 Å². The van der Waals surface area contributed by atoms with Gasteiger partial charge in [-0.3, -0.25) is 0 Å². The lowest BCUT2D eigenvalue weighted by atomic mass is 9.98. The van der Waals surface area contributed by atoms with Crippen molar-refractivity contribution in [2.24, 2.45) is 0 Å². The average molecular weight is 292 g/mol. The Bertz CT molecular complexity index is 529. The van der Waals surface area contributed by atoms with Gasteiger partial charge in [-0.25, -0.2) is 0 Å². The normalized spacial score (nSPS) is 20.9. The molecule has 3 rings (SSSR count). The van der Waals surface area contributed by atoms with Crippen LogP contribution in [0.3, 0.4) is 0 Å². The molecule has 0 saturated carbocycles. The molecule has 3 heteroatoms. The summed E-state index contributed by atoms with van der Waals surface area (Å²) in [4.78, 5) is 1.35. The molecule has 1 aliphatic rings. The molecule has 0 bridgehead atoms. The van der Waals surface area contributed by atoms with Gasteiger partial charge in [0.25, 0.3) is 0 Å². The third kappa shape index (κ3) is 3.26. The Labute approximate surface area is 125 Å². The second-order valence-electron chi connectivity index (χ2n) is 4.79. The molecule has 2 atom stereocenters. The average Bonchev–Trinajstić information content (AvgIpc) is 2.40. The molecule has 1 aliphatic heterocycles. The van der Waals surface area contributed by atoms with Gasteiger partial charge in [0.05, 0.1) is 0 Å². The molecule has 0 aliphatic carbocycles. The molecule has 2 aromatic rings. The SMILES string of the molecule is CC1CC(Sc2ccccc2)c2ccccc2N1.Cl. The quantitative estimate of drug-likeness (QED) is 0.821. The highest BCUT2D eigenvalue weighted by Crippen LogP contribution is 2.44. The second kappa shape index (κ2) is 6.36. The molecule has 1 heterocycles. The van der Waals surface area contributed by atoms with Crippen molar-refractivity contribution in [2.45, 2.75) is 29.5 Å². The highest BCUT2D eigenvalue weighted by molar-refractivity contribution is 7.99. The molecule has 2 unspecified atom stereocenters. The zero-order valence-electron chi connectivity index (χ0n) is 10.9. The summed E-state index contributed by atoms with van der Waals surface area (Å²) in [5.41, 5.74) is 2.73. The molecule has 0 saturated heterocycles. The van der Waals surface area contributed by atoms with E-state index in [-0.39, 0.29) is 12.4 Å². The molecular formula is C16H18ClNS. The first-order valence-corrected chi connectivity index (χ1v) is 7.28. The number of thioether (sulfide) groups is 1. The van der Waals surface area contributed by atoms with Gasteiger partial charge in [-0.15, -0.1) is 24.2 Å². The van der Waals surface area contributed by atoms with Gasteiger partial charge in [-0.1, -0.05) is 36.4 Å². The van der Waals surface area contributed by atoms with Crippen molar-refractivity contribution in [2.75, 3.05) is 5.32 Å². The van der Waals surface area contributed by atoms with Crippen LogP contribution in [0.1, 0.15) is 24.2 Å². The monoisotopic (exact) mass is 291 g/mol. The topological polar surface area (TPSA) is 12.0 Å². The minimum absolute atomic E-state index is 0. The summed E-state index contributed by atoms with van der Waals surface area (Å²) in [6.45, 7) is 2.26. The summed E-state index contributed by atoms with van der Waals surface area (Å²) < 4.78 is 0. The Morgan fingerprint density at radius 3 is 2.47 bits per heavy atom. The van der Waals surface area contributed by atoms with E-state index in [0.29, 0.717) is 11.3 Å². The van der Waals surface area contributed by atoms with Gasteiger partial charge in [-0.05, 0) is 37.1 Å². The minimum atomic E-state index is 0. The van der Waals surface area contributed by atoms with Gasteiger partial charge in [-0.2, -0.15) is 0 Å². The number of hydrogen-bond acceptors (Lipinski definition) is 2. The highest BCUT2D eigenvalue weighted by atomic mass is 35.5. The van der Waals surface area contributed by atoms with E-state index in [1.165, 1.54) is 22.6 Å². The first-order valence-electron chi connectivity index (χ1n) is 6.40. The van der Waals surface area contributed by atoms with E-state index in [2.05, 4.69) is 66.8 Å². The molecule has 0 spiro atoms. The fraction of sp³-hybridized carbons (Fsp3) is 0.250. The van der Waals surface area contributed by atoms with Crippen molar-refractivity contribution in [3.8, 4) is 0 Å². The standard InChI is InChI=1S/C16H17NS.ClH/c1-12-11-16(18-13-7-3-2-4-8-13)14-9-5-6-10-15(14)17-12;/h2-10,12,16-17H,11H2,1H3;1H. The number of anilines is 1. The number of halogens is 1. The zero-order chi connectivity index (χ0) is 12.4. The predicted octanol–water partition coefficient (Wildman–Crippen LogP) is 5.15. The third-order valence-corrected chi connectivity index (χ3v) is 4.57. The number of benzene rings is 2. The maximum absolute atomic E-state index is 3.56. The van der Waals surface area contributed by atoms with Gasteiger partial charge in [0.2, 0.25) is 0 Å². The number of fused-ring (bicyclic) bond motifs is 1. The molecule has 0 fully saturated rings. The molecule has 2 aromatic carbocycles. The van der Waals surface area contributed by atoms with E-state index in [4.69, 9.17) is 0 Å². The number of nitrogens with one attached hydrogen (secondary N) is 1. The first-order chi connectivity index (χ1) is 8.83. The molecule has 100 valence electrons. The lowest BCUT2D eigenvalue weighted by Gasteiger charge is -2.31. The molecule has 1 N–H and O–H groups in total. The van der Waals surface area contributed by atoms with Crippen LogP contribution < -0.4 is 5.32 Å². The molecule has 0 radical (unpaired) electrons. The Balaban J connectivity index is 0.00000133. The summed E-state index contributed by atoms with van der Waals surface area (Å²) in [5.74, 6) is 0. The first kappa shape index (κ1) is 14.3. The van der Waals surface area contributed by atoms with Crippen LogP contribution in [0.2, 0.25) is 0 Å². The van der Waals surface area contributed by atoms with Crippen molar-refractivity contribution in [1.29, 1.82) is 0 Å². The summed E-state index contributed by atoms with van der Waals surface area (Å²) in [7, 11) is 0. The van der Waals surface area contributed by atoms with E-state index in [9.17, 15) is 0 Å². The van der Waals surface area contributed by atoms with Gasteiger partial charge in [0.1, 0.15) is 0 Å². The Hall–Kier alpha value is -1.12. The van der Waals surface area contributed by atoms with Crippen LogP contribution in [0, 0.1) is 0 Å². The van der Waals surface area contributed by atoms with E-state index in [1.807, 2.05) is 11.8 Å². The van der Waals surface area contributed by atoms with E-state index >= 15 is 0 Å². The summed E-state index contributed by atoms with van der Waals surface area (Å²) in [5, 5.41) is 4.12. The Morgan fingerprint density at radius 2 is 1.68 bits per heavy atom. The molecule has 0 amide bonds. The number of rotatable bonds is 2. The van der Waals surface area contributed by atoms with Crippen molar-refractivity contribution >= 4 is 29.9 Å². The van der Waals surface area contributed by atoms with Gasteiger partial charge in [0, 0.05) is 21.9 Å². The van der Waals surface area contributed by atoms with Crippen molar-refractivity contribution < 1.29 is 0 Å². The van der Waals surface area contributed by atoms with E-state index in [0.717, 1.165) is 0 Å². The highest BCUT2D eigenvalue weighted by Gasteiger charge is 2.24. The maximum Gasteiger partial charge on any atom is 0.0386 e. The van der Waals surface area contributed by atoms with Crippen LogP contribution in [0.25, 0.3) is 0 Å². The van der Waals surface area contributed by atoms with Crippen LogP contribution in [-0.4, -0.2) is 6.04 Å². The Morgan fingerprint density at radius 1 is 1.00 bits per heavy atom. The predicted molar refractivity (Wildman–Crippen MR) is 86.4 cm³/mol. The zero-order valence-corrected chi connectivity index (χ0v) is 12.5. The molecule has 1 nitrogen and oxygen atoms in total. The third-order valence-electron chi connectivity index (χ3n) is 3.30. The number of hydrogen-bond donors (Lipinski definition) is 1. The van der Waals surface area contributed by atoms with Crippen molar-refractivity contribution in [1.82, 2.24) is 0 Å². The molecule has 19 heavy (non-hydrogen) atoms. The summed E-state index contributed by atoms with van der Waals surface area (Å²) in [6.07, 6.45) is 1.18. The second-order valence-corrected chi connectivity index (χ2v) is 6.06. The lowest BCUT2D eigenvalue weighted by Crippen LogP contribution is -2.23.